The largest absolute Gasteiger partial charge is 0.342 e. The van der Waals surface area contributed by atoms with Gasteiger partial charge in [0.25, 0.3) is 0 Å². The molecular weight excluding hydrogens is 260 g/mol. The van der Waals surface area contributed by atoms with E-state index >= 15 is 0 Å². The maximum atomic E-state index is 11.9. The van der Waals surface area contributed by atoms with Gasteiger partial charge in [0, 0.05) is 19.5 Å². The van der Waals surface area contributed by atoms with E-state index in [9.17, 15) is 4.79 Å². The average Bonchev–Trinajstić information content (AvgIpc) is 2.86. The first-order chi connectivity index (χ1) is 8.79. The summed E-state index contributed by atoms with van der Waals surface area (Å²) in [7, 11) is 0. The molecule has 19 heavy (non-hydrogen) atoms. The number of nitrogens with zero attached hydrogens (tertiary/aromatic N) is 1. The molecular formula is C15H23ClN2O. The SMILES string of the molecule is Cl.NCCCC(=O)N1CCC(Cc2ccccc2)C1. The Balaban J connectivity index is 0.00000180. The van der Waals surface area contributed by atoms with Crippen LogP contribution in [0.1, 0.15) is 24.8 Å². The molecule has 0 saturated carbocycles. The number of hydrogen-bond acceptors (Lipinski definition) is 2. The number of nitrogens with two attached hydrogens (primary N) is 1. The van der Waals surface area contributed by atoms with Gasteiger partial charge < -0.3 is 10.6 Å². The molecule has 0 radical (unpaired) electrons. The van der Waals surface area contributed by atoms with Gasteiger partial charge in [-0.05, 0) is 37.3 Å². The van der Waals surface area contributed by atoms with E-state index in [1.54, 1.807) is 0 Å². The molecule has 1 unspecified atom stereocenters. The fraction of sp³-hybridized carbons (Fsp3) is 0.533. The Morgan fingerprint density at radius 3 is 2.74 bits per heavy atom. The summed E-state index contributed by atoms with van der Waals surface area (Å²) in [5, 5.41) is 0. The smallest absolute Gasteiger partial charge is 0.222 e. The van der Waals surface area contributed by atoms with Crippen molar-refractivity contribution < 1.29 is 4.79 Å². The van der Waals surface area contributed by atoms with E-state index in [0.717, 1.165) is 32.4 Å². The third-order valence-electron chi connectivity index (χ3n) is 3.60. The summed E-state index contributed by atoms with van der Waals surface area (Å²) in [6, 6.07) is 10.5. The Bertz CT molecular complexity index is 383. The Morgan fingerprint density at radius 2 is 2.05 bits per heavy atom. The molecule has 106 valence electrons. The van der Waals surface area contributed by atoms with Crippen molar-refractivity contribution in [1.82, 2.24) is 4.90 Å². The van der Waals surface area contributed by atoms with E-state index in [0.29, 0.717) is 18.9 Å². The molecule has 2 N–H and O–H groups in total. The molecule has 1 atom stereocenters. The van der Waals surface area contributed by atoms with Crippen molar-refractivity contribution in [2.75, 3.05) is 19.6 Å². The fourth-order valence-corrected chi connectivity index (χ4v) is 2.58. The number of carbonyl (C=O) groups excluding carboxylic acids is 1. The number of hydrogen-bond donors (Lipinski definition) is 1. The summed E-state index contributed by atoms with van der Waals surface area (Å²) in [4.78, 5) is 13.9. The van der Waals surface area contributed by atoms with Crippen molar-refractivity contribution in [3.05, 3.63) is 35.9 Å². The Hall–Kier alpha value is -1.06. The summed E-state index contributed by atoms with van der Waals surface area (Å²) in [5.74, 6) is 0.894. The van der Waals surface area contributed by atoms with Crippen LogP contribution >= 0.6 is 12.4 Å². The highest BCUT2D eigenvalue weighted by atomic mass is 35.5. The summed E-state index contributed by atoms with van der Waals surface area (Å²) >= 11 is 0. The number of carbonyl (C=O) groups is 1. The van der Waals surface area contributed by atoms with Crippen molar-refractivity contribution in [3.8, 4) is 0 Å². The molecule has 1 aliphatic rings. The zero-order chi connectivity index (χ0) is 12.8. The van der Waals surface area contributed by atoms with Gasteiger partial charge in [0.1, 0.15) is 0 Å². The van der Waals surface area contributed by atoms with Crippen LogP contribution in [0, 0.1) is 5.92 Å². The van der Waals surface area contributed by atoms with Crippen LogP contribution in [0.2, 0.25) is 0 Å². The highest BCUT2D eigenvalue weighted by Gasteiger charge is 2.25. The summed E-state index contributed by atoms with van der Waals surface area (Å²) in [6.07, 6.45) is 3.62. The first-order valence-electron chi connectivity index (χ1n) is 6.81. The first kappa shape index (κ1) is 16.0. The van der Waals surface area contributed by atoms with Crippen molar-refractivity contribution in [2.45, 2.75) is 25.7 Å². The van der Waals surface area contributed by atoms with E-state index in [1.165, 1.54) is 5.56 Å². The predicted molar refractivity (Wildman–Crippen MR) is 80.4 cm³/mol. The van der Waals surface area contributed by atoms with Crippen LogP contribution in [0.15, 0.2) is 30.3 Å². The number of amides is 1. The van der Waals surface area contributed by atoms with Gasteiger partial charge >= 0.3 is 0 Å². The van der Waals surface area contributed by atoms with Gasteiger partial charge in [-0.3, -0.25) is 4.79 Å². The van der Waals surface area contributed by atoms with E-state index in [4.69, 9.17) is 5.73 Å². The van der Waals surface area contributed by atoms with Crippen LogP contribution < -0.4 is 5.73 Å². The molecule has 4 heteroatoms. The summed E-state index contributed by atoms with van der Waals surface area (Å²) in [5.41, 5.74) is 6.81. The normalized spacial score (nSPS) is 18.2. The number of benzene rings is 1. The van der Waals surface area contributed by atoms with Gasteiger partial charge in [-0.15, -0.1) is 12.4 Å². The number of likely N-dealkylation sites (tertiary alicyclic amines) is 1. The Morgan fingerprint density at radius 1 is 1.32 bits per heavy atom. The molecule has 3 nitrogen and oxygen atoms in total. The molecule has 1 saturated heterocycles. The lowest BCUT2D eigenvalue weighted by Gasteiger charge is -2.16. The zero-order valence-corrected chi connectivity index (χ0v) is 12.1. The number of rotatable bonds is 5. The lowest BCUT2D eigenvalue weighted by atomic mass is 9.99. The molecule has 1 heterocycles. The highest BCUT2D eigenvalue weighted by Crippen LogP contribution is 2.21. The molecule has 0 aromatic heterocycles. The van der Waals surface area contributed by atoms with Crippen LogP contribution in [0.25, 0.3) is 0 Å². The van der Waals surface area contributed by atoms with Gasteiger partial charge in [-0.1, -0.05) is 30.3 Å². The van der Waals surface area contributed by atoms with Crippen LogP contribution in [0.5, 0.6) is 0 Å². The molecule has 1 aromatic rings. The van der Waals surface area contributed by atoms with Crippen molar-refractivity contribution >= 4 is 18.3 Å². The molecule has 1 amide bonds. The Kier molecular flexibility index (Phi) is 6.89. The number of halogens is 1. The van der Waals surface area contributed by atoms with Crippen molar-refractivity contribution in [1.29, 1.82) is 0 Å². The van der Waals surface area contributed by atoms with Crippen molar-refractivity contribution in [2.24, 2.45) is 11.7 Å². The van der Waals surface area contributed by atoms with Gasteiger partial charge in [0.05, 0.1) is 0 Å². The van der Waals surface area contributed by atoms with Gasteiger partial charge in [-0.2, -0.15) is 0 Å². The minimum atomic E-state index is 0. The van der Waals surface area contributed by atoms with E-state index < -0.39 is 0 Å². The second-order valence-electron chi connectivity index (χ2n) is 5.08. The molecule has 1 fully saturated rings. The zero-order valence-electron chi connectivity index (χ0n) is 11.3. The standard InChI is InChI=1S/C15H22N2O.ClH/c16-9-4-7-15(18)17-10-8-14(12-17)11-13-5-2-1-3-6-13;/h1-3,5-6,14H,4,7-12,16H2;1H. The summed E-state index contributed by atoms with van der Waals surface area (Å²) < 4.78 is 0. The van der Waals surface area contributed by atoms with Gasteiger partial charge in [0.15, 0.2) is 0 Å². The molecule has 2 rings (SSSR count). The fourth-order valence-electron chi connectivity index (χ4n) is 2.58. The lowest BCUT2D eigenvalue weighted by molar-refractivity contribution is -0.130. The van der Waals surface area contributed by atoms with Crippen molar-refractivity contribution in [3.63, 3.8) is 0 Å². The maximum Gasteiger partial charge on any atom is 0.222 e. The molecule has 0 bridgehead atoms. The molecule has 1 aromatic carbocycles. The topological polar surface area (TPSA) is 46.3 Å². The van der Waals surface area contributed by atoms with E-state index in [-0.39, 0.29) is 18.3 Å². The molecule has 0 aliphatic carbocycles. The quantitative estimate of drug-likeness (QED) is 0.900. The first-order valence-corrected chi connectivity index (χ1v) is 6.81. The predicted octanol–water partition coefficient (Wildman–Crippen LogP) is 2.24. The average molecular weight is 283 g/mol. The van der Waals surface area contributed by atoms with E-state index in [1.807, 2.05) is 11.0 Å². The van der Waals surface area contributed by atoms with Crippen LogP contribution in [0.3, 0.4) is 0 Å². The van der Waals surface area contributed by atoms with Crippen LogP contribution in [0.4, 0.5) is 0 Å². The monoisotopic (exact) mass is 282 g/mol. The minimum Gasteiger partial charge on any atom is -0.342 e. The molecule has 0 spiro atoms. The van der Waals surface area contributed by atoms with Gasteiger partial charge in [0.2, 0.25) is 5.91 Å². The summed E-state index contributed by atoms with van der Waals surface area (Å²) in [6.45, 7) is 2.44. The lowest BCUT2D eigenvalue weighted by Crippen LogP contribution is -2.29. The third kappa shape index (κ3) is 4.84. The second kappa shape index (κ2) is 8.18. The highest BCUT2D eigenvalue weighted by molar-refractivity contribution is 5.85. The van der Waals surface area contributed by atoms with Gasteiger partial charge in [-0.25, -0.2) is 0 Å². The third-order valence-corrected chi connectivity index (χ3v) is 3.60. The van der Waals surface area contributed by atoms with Crippen LogP contribution in [-0.2, 0) is 11.2 Å². The molecule has 1 aliphatic heterocycles. The minimum absolute atomic E-state index is 0. The van der Waals surface area contributed by atoms with Crippen LogP contribution in [-0.4, -0.2) is 30.4 Å². The maximum absolute atomic E-state index is 11.9. The Labute approximate surface area is 121 Å². The van der Waals surface area contributed by atoms with E-state index in [2.05, 4.69) is 24.3 Å². The second-order valence-corrected chi connectivity index (χ2v) is 5.08.